The Morgan fingerprint density at radius 1 is 1.00 bits per heavy atom. The van der Waals surface area contributed by atoms with Crippen LogP contribution in [0.25, 0.3) is 0 Å². The summed E-state index contributed by atoms with van der Waals surface area (Å²) in [6.45, 7) is 6.11. The van der Waals surface area contributed by atoms with Crippen molar-refractivity contribution < 1.29 is 9.47 Å². The van der Waals surface area contributed by atoms with Crippen molar-refractivity contribution in [3.05, 3.63) is 54.1 Å². The van der Waals surface area contributed by atoms with E-state index in [4.69, 9.17) is 21.7 Å². The zero-order valence-corrected chi connectivity index (χ0v) is 15.7. The Morgan fingerprint density at radius 2 is 1.80 bits per heavy atom. The number of anilines is 1. The van der Waals surface area contributed by atoms with Gasteiger partial charge < -0.3 is 20.1 Å². The van der Waals surface area contributed by atoms with Gasteiger partial charge >= 0.3 is 0 Å². The van der Waals surface area contributed by atoms with E-state index >= 15 is 0 Å². The van der Waals surface area contributed by atoms with E-state index in [-0.39, 0.29) is 0 Å². The van der Waals surface area contributed by atoms with Gasteiger partial charge in [0.2, 0.25) is 0 Å². The molecule has 2 aromatic rings. The summed E-state index contributed by atoms with van der Waals surface area (Å²) in [7, 11) is 0. The minimum absolute atomic E-state index is 0.617. The lowest BCUT2D eigenvalue weighted by Gasteiger charge is -2.13. The number of benzene rings is 2. The van der Waals surface area contributed by atoms with Crippen molar-refractivity contribution >= 4 is 23.0 Å². The van der Waals surface area contributed by atoms with Crippen molar-refractivity contribution in [2.24, 2.45) is 0 Å². The lowest BCUT2D eigenvalue weighted by atomic mass is 10.1. The number of rotatable bonds is 9. The zero-order valence-electron chi connectivity index (χ0n) is 14.9. The topological polar surface area (TPSA) is 42.5 Å². The predicted molar refractivity (Wildman–Crippen MR) is 108 cm³/mol. The average molecular weight is 359 g/mol. The van der Waals surface area contributed by atoms with E-state index in [2.05, 4.69) is 16.7 Å². The molecule has 0 aliphatic carbocycles. The van der Waals surface area contributed by atoms with Gasteiger partial charge in [-0.2, -0.15) is 0 Å². The van der Waals surface area contributed by atoms with Gasteiger partial charge in [-0.05, 0) is 62.7 Å². The highest BCUT2D eigenvalue weighted by Gasteiger charge is 2.03. The third kappa shape index (κ3) is 6.63. The summed E-state index contributed by atoms with van der Waals surface area (Å²) in [6.07, 6.45) is 1.93. The lowest BCUT2D eigenvalue weighted by Crippen LogP contribution is -2.29. The van der Waals surface area contributed by atoms with E-state index in [1.54, 1.807) is 0 Å². The summed E-state index contributed by atoms with van der Waals surface area (Å²) in [5.41, 5.74) is 2.15. The van der Waals surface area contributed by atoms with Crippen molar-refractivity contribution in [2.75, 3.05) is 25.1 Å². The fraction of sp³-hybridized carbons (Fsp3) is 0.350. The molecule has 0 atom stereocenters. The summed E-state index contributed by atoms with van der Waals surface area (Å²) in [6, 6.07) is 16.0. The molecule has 0 spiro atoms. The predicted octanol–water partition coefficient (Wildman–Crippen LogP) is 4.40. The fourth-order valence-electron chi connectivity index (χ4n) is 2.49. The van der Waals surface area contributed by atoms with Crippen LogP contribution in [-0.4, -0.2) is 24.9 Å². The smallest absolute Gasteiger partial charge is 0.170 e. The van der Waals surface area contributed by atoms with E-state index in [0.717, 1.165) is 36.6 Å². The van der Waals surface area contributed by atoms with Gasteiger partial charge in [0.1, 0.15) is 11.5 Å². The van der Waals surface area contributed by atoms with Crippen LogP contribution < -0.4 is 20.1 Å². The van der Waals surface area contributed by atoms with Crippen LogP contribution in [0.2, 0.25) is 0 Å². The van der Waals surface area contributed by atoms with Crippen LogP contribution in [0.4, 0.5) is 5.69 Å². The third-order valence-electron chi connectivity index (χ3n) is 3.58. The summed E-state index contributed by atoms with van der Waals surface area (Å²) in [4.78, 5) is 0. The quantitative estimate of drug-likeness (QED) is 0.514. The molecule has 0 aliphatic rings. The molecule has 0 unspecified atom stereocenters. The molecular weight excluding hydrogens is 332 g/mol. The van der Waals surface area contributed by atoms with Crippen LogP contribution in [0.5, 0.6) is 11.5 Å². The minimum atomic E-state index is 0.617. The monoisotopic (exact) mass is 358 g/mol. The Hall–Kier alpha value is -2.27. The normalized spacial score (nSPS) is 10.2. The number of aryl methyl sites for hydroxylation is 1. The van der Waals surface area contributed by atoms with Crippen molar-refractivity contribution in [3.63, 3.8) is 0 Å². The number of ether oxygens (including phenoxy) is 2. The summed E-state index contributed by atoms with van der Waals surface area (Å²) in [5.74, 6) is 1.81. The van der Waals surface area contributed by atoms with Crippen LogP contribution in [0.1, 0.15) is 25.8 Å². The summed E-state index contributed by atoms with van der Waals surface area (Å²) in [5, 5.41) is 7.05. The van der Waals surface area contributed by atoms with Gasteiger partial charge in [-0.1, -0.05) is 24.3 Å². The Morgan fingerprint density at radius 3 is 2.60 bits per heavy atom. The zero-order chi connectivity index (χ0) is 17.9. The molecule has 0 radical (unpaired) electrons. The maximum Gasteiger partial charge on any atom is 0.170 e. The molecule has 134 valence electrons. The number of para-hydroxylation sites is 1. The van der Waals surface area contributed by atoms with Crippen LogP contribution in [0.15, 0.2) is 48.5 Å². The van der Waals surface area contributed by atoms with E-state index in [9.17, 15) is 0 Å². The molecular formula is C20H26N2O2S. The Kier molecular flexibility index (Phi) is 8.05. The van der Waals surface area contributed by atoms with Crippen LogP contribution in [0.3, 0.4) is 0 Å². The first-order chi connectivity index (χ1) is 12.2. The molecule has 2 N–H and O–H groups in total. The largest absolute Gasteiger partial charge is 0.494 e. The van der Waals surface area contributed by atoms with Gasteiger partial charge in [0.25, 0.3) is 0 Å². The summed E-state index contributed by atoms with van der Waals surface area (Å²) >= 11 is 5.35. The first kappa shape index (κ1) is 19.1. The van der Waals surface area contributed by atoms with Crippen molar-refractivity contribution in [3.8, 4) is 11.5 Å². The highest BCUT2D eigenvalue weighted by atomic mass is 32.1. The molecule has 2 aromatic carbocycles. The average Bonchev–Trinajstić information content (AvgIpc) is 2.61. The van der Waals surface area contributed by atoms with E-state index in [1.807, 2.05) is 56.3 Å². The molecule has 0 heterocycles. The van der Waals surface area contributed by atoms with Crippen molar-refractivity contribution in [1.82, 2.24) is 5.32 Å². The van der Waals surface area contributed by atoms with Crippen molar-refractivity contribution in [2.45, 2.75) is 26.7 Å². The Bertz CT molecular complexity index is 676. The van der Waals surface area contributed by atoms with Gasteiger partial charge in [-0.25, -0.2) is 0 Å². The second kappa shape index (κ2) is 10.6. The van der Waals surface area contributed by atoms with Gasteiger partial charge in [0.15, 0.2) is 5.11 Å². The third-order valence-corrected chi connectivity index (χ3v) is 3.83. The van der Waals surface area contributed by atoms with Gasteiger partial charge in [0, 0.05) is 18.3 Å². The van der Waals surface area contributed by atoms with E-state index in [1.165, 1.54) is 5.56 Å². The maximum absolute atomic E-state index is 5.65. The molecule has 4 nitrogen and oxygen atoms in total. The molecule has 25 heavy (non-hydrogen) atoms. The standard InChI is InChI=1S/C20H26N2O2S/c1-3-23-18-12-7-11-17(15-18)22-20(25)21-14-8-10-16-9-5-6-13-19(16)24-4-2/h5-7,9,11-13,15H,3-4,8,10,14H2,1-2H3,(H2,21,22,25). The molecule has 0 fully saturated rings. The number of nitrogens with one attached hydrogen (secondary N) is 2. The van der Waals surface area contributed by atoms with Crippen LogP contribution in [0, 0.1) is 0 Å². The summed E-state index contributed by atoms with van der Waals surface area (Å²) < 4.78 is 11.1. The highest BCUT2D eigenvalue weighted by molar-refractivity contribution is 7.80. The van der Waals surface area contributed by atoms with Gasteiger partial charge in [-0.3, -0.25) is 0 Å². The van der Waals surface area contributed by atoms with Crippen LogP contribution >= 0.6 is 12.2 Å². The molecule has 0 saturated heterocycles. The number of thiocarbonyl (C=S) groups is 1. The first-order valence-electron chi connectivity index (χ1n) is 8.71. The van der Waals surface area contributed by atoms with E-state index in [0.29, 0.717) is 18.3 Å². The Balaban J connectivity index is 1.75. The van der Waals surface area contributed by atoms with Gasteiger partial charge in [0.05, 0.1) is 13.2 Å². The lowest BCUT2D eigenvalue weighted by molar-refractivity contribution is 0.336. The number of hydrogen-bond acceptors (Lipinski definition) is 3. The Labute approximate surface area is 155 Å². The molecule has 0 amide bonds. The molecule has 2 rings (SSSR count). The SMILES string of the molecule is CCOc1cccc(NC(=S)NCCCc2ccccc2OCC)c1. The maximum atomic E-state index is 5.65. The molecule has 0 aliphatic heterocycles. The van der Waals surface area contributed by atoms with Crippen LogP contribution in [-0.2, 0) is 6.42 Å². The minimum Gasteiger partial charge on any atom is -0.494 e. The first-order valence-corrected chi connectivity index (χ1v) is 9.12. The fourth-order valence-corrected chi connectivity index (χ4v) is 2.71. The van der Waals surface area contributed by atoms with E-state index < -0.39 is 0 Å². The molecule has 0 aromatic heterocycles. The molecule has 0 saturated carbocycles. The molecule has 5 heteroatoms. The van der Waals surface area contributed by atoms with Gasteiger partial charge in [-0.15, -0.1) is 0 Å². The van der Waals surface area contributed by atoms with Crippen molar-refractivity contribution in [1.29, 1.82) is 0 Å². The second-order valence-corrected chi connectivity index (χ2v) is 5.89. The second-order valence-electron chi connectivity index (χ2n) is 5.49. The molecule has 0 bridgehead atoms. The highest BCUT2D eigenvalue weighted by Crippen LogP contribution is 2.19. The number of hydrogen-bond donors (Lipinski definition) is 2.